The van der Waals surface area contributed by atoms with Gasteiger partial charge in [-0.15, -0.1) is 0 Å². The molecule has 0 aromatic carbocycles. The fraction of sp³-hybridized carbons (Fsp3) is 0.484. The average molecular weight is 672 g/mol. The van der Waals surface area contributed by atoms with E-state index in [1.165, 1.54) is 40.7 Å². The fourth-order valence-electron chi connectivity index (χ4n) is 4.57. The molecule has 0 fully saturated rings. The molecular formula is C31H45N9O8. The van der Waals surface area contributed by atoms with Crippen LogP contribution in [0, 0.1) is 10.1 Å². The number of carbonyl (C=O) groups excluding carboxylic acids is 4. The number of nitro groups is 1. The van der Waals surface area contributed by atoms with Crippen LogP contribution in [0.15, 0.2) is 36.8 Å². The molecule has 0 spiro atoms. The van der Waals surface area contributed by atoms with Gasteiger partial charge in [0.2, 0.25) is 0 Å². The fourth-order valence-corrected chi connectivity index (χ4v) is 4.57. The van der Waals surface area contributed by atoms with Crippen LogP contribution in [0.25, 0.3) is 0 Å². The van der Waals surface area contributed by atoms with E-state index in [-0.39, 0.29) is 42.7 Å². The second kappa shape index (κ2) is 16.6. The number of amides is 4. The summed E-state index contributed by atoms with van der Waals surface area (Å²) in [7, 11) is 7.05. The molecule has 17 nitrogen and oxygen atoms in total. The zero-order valence-corrected chi connectivity index (χ0v) is 28.4. The maximum Gasteiger partial charge on any atom is 0.407 e. The molecule has 0 aliphatic heterocycles. The first kappa shape index (κ1) is 37.3. The third-order valence-corrected chi connectivity index (χ3v) is 6.78. The largest absolute Gasteiger partial charge is 0.444 e. The van der Waals surface area contributed by atoms with Gasteiger partial charge < -0.3 is 49.3 Å². The molecule has 0 bridgehead atoms. The molecule has 4 N–H and O–H groups in total. The lowest BCUT2D eigenvalue weighted by Gasteiger charge is -2.19. The van der Waals surface area contributed by atoms with Gasteiger partial charge in [-0.1, -0.05) is 0 Å². The lowest BCUT2D eigenvalue weighted by Crippen LogP contribution is -2.34. The predicted octanol–water partition coefficient (Wildman–Crippen LogP) is 2.80. The number of ether oxygens (including phenoxy) is 2. The smallest absolute Gasteiger partial charge is 0.407 e. The van der Waals surface area contributed by atoms with Crippen LogP contribution in [0.1, 0.15) is 58.7 Å². The highest BCUT2D eigenvalue weighted by molar-refractivity contribution is 6.07. The van der Waals surface area contributed by atoms with Gasteiger partial charge >= 0.3 is 6.09 Å². The van der Waals surface area contributed by atoms with E-state index in [0.717, 1.165) is 13.0 Å². The van der Waals surface area contributed by atoms with E-state index in [1.807, 2.05) is 19.0 Å². The number of aryl methyl sites for hydroxylation is 2. The molecule has 0 aliphatic carbocycles. The lowest BCUT2D eigenvalue weighted by atomic mass is 10.2. The predicted molar refractivity (Wildman–Crippen MR) is 178 cm³/mol. The minimum absolute atomic E-state index is 0.0775. The number of carbonyl (C=O) groups is 4. The summed E-state index contributed by atoms with van der Waals surface area (Å²) < 4.78 is 15.4. The Morgan fingerprint density at radius 3 is 2.04 bits per heavy atom. The Bertz CT molecular complexity index is 1610. The van der Waals surface area contributed by atoms with Crippen LogP contribution >= 0.6 is 0 Å². The van der Waals surface area contributed by atoms with Crippen LogP contribution in [-0.4, -0.2) is 99.9 Å². The number of hydrogen-bond donors (Lipinski definition) is 4. The number of nitrogens with one attached hydrogen (secondary N) is 4. The van der Waals surface area contributed by atoms with E-state index in [9.17, 15) is 29.3 Å². The highest BCUT2D eigenvalue weighted by atomic mass is 16.6. The van der Waals surface area contributed by atoms with Gasteiger partial charge in [-0.25, -0.2) is 4.79 Å². The molecule has 0 unspecified atom stereocenters. The van der Waals surface area contributed by atoms with Gasteiger partial charge in [0.15, 0.2) is 0 Å². The Kier molecular flexibility index (Phi) is 12.9. The lowest BCUT2D eigenvalue weighted by molar-refractivity contribution is -0.384. The molecule has 0 saturated carbocycles. The minimum atomic E-state index is -0.607. The van der Waals surface area contributed by atoms with Crippen LogP contribution in [0.4, 0.5) is 21.9 Å². The van der Waals surface area contributed by atoms with Gasteiger partial charge in [0.1, 0.15) is 22.7 Å². The Balaban J connectivity index is 1.66. The van der Waals surface area contributed by atoms with Gasteiger partial charge in [-0.3, -0.25) is 24.5 Å². The topological polar surface area (TPSA) is 196 Å². The highest BCUT2D eigenvalue weighted by Gasteiger charge is 2.21. The number of alkyl carbamates (subject to hydrolysis) is 1. The van der Waals surface area contributed by atoms with Crippen molar-refractivity contribution in [3.63, 3.8) is 0 Å². The van der Waals surface area contributed by atoms with Gasteiger partial charge in [0, 0.05) is 52.2 Å². The molecule has 3 rings (SSSR count). The molecule has 0 saturated heterocycles. The van der Waals surface area contributed by atoms with Crippen molar-refractivity contribution in [1.29, 1.82) is 0 Å². The maximum atomic E-state index is 13.3. The van der Waals surface area contributed by atoms with Crippen molar-refractivity contribution in [2.24, 2.45) is 14.1 Å². The van der Waals surface area contributed by atoms with E-state index in [2.05, 4.69) is 21.3 Å². The maximum absolute atomic E-state index is 13.3. The van der Waals surface area contributed by atoms with E-state index in [1.54, 1.807) is 44.6 Å². The molecule has 0 radical (unpaired) electrons. The first-order chi connectivity index (χ1) is 22.5. The van der Waals surface area contributed by atoms with Crippen LogP contribution in [0.3, 0.4) is 0 Å². The summed E-state index contributed by atoms with van der Waals surface area (Å²) in [5.74, 6) is -1.39. The third-order valence-electron chi connectivity index (χ3n) is 6.78. The first-order valence-corrected chi connectivity index (χ1v) is 15.3. The second-order valence-electron chi connectivity index (χ2n) is 12.3. The molecule has 17 heteroatoms. The number of nitrogens with zero attached hydrogens (tertiary/aromatic N) is 5. The van der Waals surface area contributed by atoms with Crippen molar-refractivity contribution in [2.45, 2.75) is 39.3 Å². The number of aromatic nitrogens is 3. The summed E-state index contributed by atoms with van der Waals surface area (Å²) in [4.78, 5) is 63.5. The quantitative estimate of drug-likeness (QED) is 0.101. The van der Waals surface area contributed by atoms with E-state index >= 15 is 0 Å². The second-order valence-corrected chi connectivity index (χ2v) is 12.3. The summed E-state index contributed by atoms with van der Waals surface area (Å²) in [5, 5.41) is 22.1. The average Bonchev–Trinajstić information content (AvgIpc) is 3.68. The molecular weight excluding hydrogens is 626 g/mol. The molecule has 0 atom stereocenters. The van der Waals surface area contributed by atoms with E-state index < -0.39 is 28.4 Å². The van der Waals surface area contributed by atoms with E-state index in [0.29, 0.717) is 30.2 Å². The van der Waals surface area contributed by atoms with Crippen molar-refractivity contribution >= 4 is 40.9 Å². The van der Waals surface area contributed by atoms with Crippen molar-refractivity contribution < 1.29 is 33.6 Å². The Morgan fingerprint density at radius 2 is 1.44 bits per heavy atom. The van der Waals surface area contributed by atoms with Crippen LogP contribution in [-0.2, 0) is 30.1 Å². The zero-order chi connectivity index (χ0) is 35.6. The summed E-state index contributed by atoms with van der Waals surface area (Å²) >= 11 is 0. The van der Waals surface area contributed by atoms with Gasteiger partial charge in [0.25, 0.3) is 23.4 Å². The number of rotatable bonds is 16. The van der Waals surface area contributed by atoms with Gasteiger partial charge in [-0.2, -0.15) is 0 Å². The Morgan fingerprint density at radius 1 is 0.833 bits per heavy atom. The van der Waals surface area contributed by atoms with Crippen molar-refractivity contribution in [1.82, 2.24) is 29.2 Å². The normalized spacial score (nSPS) is 11.3. The summed E-state index contributed by atoms with van der Waals surface area (Å²) in [6, 6.07) is 4.20. The Labute approximate surface area is 278 Å². The standard InChI is InChI=1S/C31H45N9O8/c1-31(2,3)48-30(44)33-10-13-47-14-12-39-19-22(16-26(39)27(41)32-9-8-11-36(4)5)35-28(42)24-15-21(18-37(24)6)34-29(43)25-17-23(40(45)46)20-38(25)7/h15-20H,8-14H2,1-7H3,(H,32,41)(H,33,44)(H,34,43)(H,35,42). The van der Waals surface area contributed by atoms with Gasteiger partial charge in [-0.05, 0) is 60.0 Å². The first-order valence-electron chi connectivity index (χ1n) is 15.3. The number of hydrogen-bond acceptors (Lipinski definition) is 9. The van der Waals surface area contributed by atoms with Gasteiger partial charge in [0.05, 0.1) is 35.7 Å². The summed E-state index contributed by atoms with van der Waals surface area (Å²) in [6.07, 6.45) is 4.61. The molecule has 3 aromatic heterocycles. The van der Waals surface area contributed by atoms with Crippen molar-refractivity contribution in [3.8, 4) is 0 Å². The van der Waals surface area contributed by atoms with E-state index in [4.69, 9.17) is 9.47 Å². The molecule has 262 valence electrons. The summed E-state index contributed by atoms with van der Waals surface area (Å²) in [6.45, 7) is 7.57. The molecule has 48 heavy (non-hydrogen) atoms. The zero-order valence-electron chi connectivity index (χ0n) is 28.4. The van der Waals surface area contributed by atoms with Crippen LogP contribution in [0.2, 0.25) is 0 Å². The van der Waals surface area contributed by atoms with Crippen molar-refractivity contribution in [3.05, 3.63) is 64.0 Å². The van der Waals surface area contributed by atoms with Crippen LogP contribution < -0.4 is 21.3 Å². The molecule has 3 heterocycles. The molecule has 0 aliphatic rings. The molecule has 4 amide bonds. The highest BCUT2D eigenvalue weighted by Crippen LogP contribution is 2.20. The SMILES string of the molecule is CN(C)CCCNC(=O)c1cc(NC(=O)c2cc(NC(=O)c3cc([N+](=O)[O-])cn3C)cn2C)cn1CCOCCNC(=O)OC(C)(C)C. The summed E-state index contributed by atoms with van der Waals surface area (Å²) in [5.41, 5.74) is 0.468. The Hall–Kier alpha value is -5.16. The van der Waals surface area contributed by atoms with Crippen molar-refractivity contribution in [2.75, 3.05) is 57.6 Å². The minimum Gasteiger partial charge on any atom is -0.444 e. The monoisotopic (exact) mass is 671 g/mol. The third kappa shape index (κ3) is 11.3. The number of anilines is 2. The molecule has 3 aromatic rings. The van der Waals surface area contributed by atoms with Crippen LogP contribution in [0.5, 0.6) is 0 Å².